The summed E-state index contributed by atoms with van der Waals surface area (Å²) in [6, 6.07) is 0. The summed E-state index contributed by atoms with van der Waals surface area (Å²) < 4.78 is 60.5. The minimum atomic E-state index is -5.93. The summed E-state index contributed by atoms with van der Waals surface area (Å²) >= 11 is 0.924. The van der Waals surface area contributed by atoms with Gasteiger partial charge in [0.05, 0.1) is 39.6 Å². The fraction of sp³-hybridized carbons (Fsp3) is 0.643. The number of carbonyl (C=O) groups excluding carboxylic acids is 3. The molecule has 3 unspecified atom stereocenters. The van der Waals surface area contributed by atoms with E-state index >= 15 is 0 Å². The Kier molecular flexibility index (Phi) is 16.3. The van der Waals surface area contributed by atoms with E-state index in [1.165, 1.54) is 26.0 Å². The Labute approximate surface area is 333 Å². The number of allylic oxidation sites excluding steroid dienone is 1. The van der Waals surface area contributed by atoms with Crippen LogP contribution in [0.3, 0.4) is 0 Å². The second kappa shape index (κ2) is 19.7. The maximum atomic E-state index is 12.5. The number of phosphoric acid groups is 3. The van der Waals surface area contributed by atoms with Crippen molar-refractivity contribution >= 4 is 69.1 Å². The molecule has 1 fully saturated rings. The van der Waals surface area contributed by atoms with Crippen LogP contribution < -0.4 is 35.9 Å². The fourth-order valence-corrected chi connectivity index (χ4v) is 8.93. The molecule has 58 heavy (non-hydrogen) atoms. The van der Waals surface area contributed by atoms with E-state index in [4.69, 9.17) is 10.5 Å². The molecule has 0 aromatic carbocycles. The van der Waals surface area contributed by atoms with Crippen LogP contribution in [-0.2, 0) is 50.7 Å². The lowest BCUT2D eigenvalue weighted by molar-refractivity contribution is -0.347. The van der Waals surface area contributed by atoms with Gasteiger partial charge in [0.25, 0.3) is 15.6 Å². The zero-order chi connectivity index (χ0) is 43.2. The number of thioether (sulfide) groups is 1. The van der Waals surface area contributed by atoms with Crippen molar-refractivity contribution in [2.24, 2.45) is 11.3 Å². The highest BCUT2D eigenvalue weighted by molar-refractivity contribution is 8.13. The topological polar surface area (TPSA) is 415 Å². The van der Waals surface area contributed by atoms with Gasteiger partial charge in [-0.1, -0.05) is 37.8 Å². The molecule has 26 nitrogen and oxygen atoms in total. The van der Waals surface area contributed by atoms with Gasteiger partial charge in [-0.05, 0) is 6.42 Å². The third-order valence-electron chi connectivity index (χ3n) is 8.45. The number of ether oxygens (including phenoxy) is 1. The molecule has 0 radical (unpaired) electrons. The zero-order valence-electron chi connectivity index (χ0n) is 30.4. The molecule has 3 heterocycles. The summed E-state index contributed by atoms with van der Waals surface area (Å²) in [5, 5.41) is 45.1. The number of nitrogens with zero attached hydrogens (tertiary/aromatic N) is 4. The van der Waals surface area contributed by atoms with Crippen molar-refractivity contribution in [3.05, 3.63) is 24.8 Å². The van der Waals surface area contributed by atoms with Crippen molar-refractivity contribution in [1.82, 2.24) is 30.2 Å². The highest BCUT2D eigenvalue weighted by Gasteiger charge is 2.47. The molecular weight excluding hydrogens is 863 g/mol. The molecular formula is C28H40N7O19P3S-4. The summed E-state index contributed by atoms with van der Waals surface area (Å²) in [5.41, 5.74) is 4.02. The molecule has 2 aromatic rings. The number of nitrogens with one attached hydrogen (secondary N) is 2. The highest BCUT2D eigenvalue weighted by Crippen LogP contribution is 2.56. The van der Waals surface area contributed by atoms with Crippen LogP contribution >= 0.6 is 35.2 Å². The smallest absolute Gasteiger partial charge is 0.274 e. The largest absolute Gasteiger partial charge is 0.790 e. The first-order chi connectivity index (χ1) is 26.9. The summed E-state index contributed by atoms with van der Waals surface area (Å²) in [4.78, 5) is 96.4. The molecule has 1 aliphatic heterocycles. The van der Waals surface area contributed by atoms with Gasteiger partial charge in [0.15, 0.2) is 22.8 Å². The number of rotatable bonds is 20. The minimum absolute atomic E-state index is 0.0303. The molecule has 0 spiro atoms. The van der Waals surface area contributed by atoms with Gasteiger partial charge in [0, 0.05) is 36.6 Å². The summed E-state index contributed by atoms with van der Waals surface area (Å²) in [7, 11) is -17.6. The van der Waals surface area contributed by atoms with E-state index in [9.17, 15) is 68.1 Å². The normalized spacial score (nSPS) is 26.5. The molecule has 326 valence electrons. The lowest BCUT2D eigenvalue weighted by atomic mass is 9.87. The predicted octanol–water partition coefficient (Wildman–Crippen LogP) is -4.57. The van der Waals surface area contributed by atoms with Crippen molar-refractivity contribution in [3.63, 3.8) is 0 Å². The number of amides is 2. The van der Waals surface area contributed by atoms with Gasteiger partial charge in [-0.2, -0.15) is 0 Å². The van der Waals surface area contributed by atoms with E-state index in [2.05, 4.69) is 43.5 Å². The number of phosphoric ester groups is 3. The second-order valence-electron chi connectivity index (χ2n) is 13.4. The number of aliphatic hydroxyl groups excluding tert-OH is 4. The molecule has 2 aliphatic rings. The molecule has 4 rings (SSSR count). The van der Waals surface area contributed by atoms with E-state index < -0.39 is 103 Å². The predicted molar refractivity (Wildman–Crippen MR) is 187 cm³/mol. The van der Waals surface area contributed by atoms with Crippen molar-refractivity contribution < 1.29 is 90.7 Å². The average molecular weight is 904 g/mol. The van der Waals surface area contributed by atoms with Crippen LogP contribution in [0.25, 0.3) is 11.2 Å². The Hall–Kier alpha value is -2.78. The summed E-state index contributed by atoms with van der Waals surface area (Å²) in [5.74, 6) is -2.03. The quantitative estimate of drug-likeness (QED) is 0.0374. The lowest BCUT2D eigenvalue weighted by Gasteiger charge is -2.36. The van der Waals surface area contributed by atoms with Crippen LogP contribution in [0.1, 0.15) is 32.9 Å². The van der Waals surface area contributed by atoms with Gasteiger partial charge in [-0.3, -0.25) is 28.1 Å². The Morgan fingerprint density at radius 2 is 1.74 bits per heavy atom. The Morgan fingerprint density at radius 1 is 1.05 bits per heavy atom. The number of fused-ring (bicyclic) bond motifs is 1. The van der Waals surface area contributed by atoms with E-state index in [-0.39, 0.29) is 53.8 Å². The van der Waals surface area contributed by atoms with Gasteiger partial charge in [-0.25, -0.2) is 19.3 Å². The number of hydrogen-bond donors (Lipinski definition) is 7. The molecule has 0 bridgehead atoms. The standard InChI is InChI=1S/C28H44N7O19P3S/c1-28(2,22(40)25(41)31-6-5-18(38)30-7-8-58-27(42)14-3-4-15(36)16(37)9-14)11-51-57(48,49)54-56(46,47)50-10-17-21(53-55(43,44)45)20(39)26(52-17)35-13-34-19-23(29)32-12-33-24(19)35/h3-4,12-17,20-22,26,36-37,39-40H,5-11H2,1-2H3,(H,30,38)(H,31,41)(H,46,47)(H,48,49)(H2,29,32,33)(H2,43,44,45)/p-4/t14?,15-,16-,17-,20-,21-,22+,26-/m1/s1. The molecule has 30 heteroatoms. The maximum Gasteiger partial charge on any atom is 0.274 e. The Morgan fingerprint density at radius 3 is 2.41 bits per heavy atom. The van der Waals surface area contributed by atoms with Crippen LogP contribution in [0, 0.1) is 11.3 Å². The first-order valence-electron chi connectivity index (χ1n) is 16.9. The van der Waals surface area contributed by atoms with E-state index in [1.807, 2.05) is 0 Å². The molecule has 1 aliphatic carbocycles. The molecule has 10 atom stereocenters. The third-order valence-corrected chi connectivity index (χ3v) is 12.5. The van der Waals surface area contributed by atoms with E-state index in [0.29, 0.717) is 0 Å². The van der Waals surface area contributed by atoms with E-state index in [0.717, 1.165) is 29.0 Å². The number of anilines is 1. The van der Waals surface area contributed by atoms with Crippen molar-refractivity contribution in [2.75, 3.05) is 37.8 Å². The molecule has 2 amide bonds. The number of hydrogen-bond acceptors (Lipinski definition) is 24. The van der Waals surface area contributed by atoms with Crippen LogP contribution in [0.5, 0.6) is 0 Å². The second-order valence-corrected chi connectivity index (χ2v) is 18.6. The zero-order valence-corrected chi connectivity index (χ0v) is 33.9. The average Bonchev–Trinajstić information content (AvgIpc) is 3.69. The van der Waals surface area contributed by atoms with Crippen molar-refractivity contribution in [3.8, 4) is 0 Å². The first kappa shape index (κ1) is 47.9. The van der Waals surface area contributed by atoms with Gasteiger partial charge < -0.3 is 79.2 Å². The van der Waals surface area contributed by atoms with Crippen LogP contribution in [0.15, 0.2) is 24.8 Å². The fourth-order valence-electron chi connectivity index (χ4n) is 5.40. The summed E-state index contributed by atoms with van der Waals surface area (Å²) in [6.45, 7) is -0.132. The Balaban J connectivity index is 1.21. The number of nitrogens with two attached hydrogens (primary N) is 1. The number of aliphatic hydroxyl groups is 4. The number of aromatic nitrogens is 4. The summed E-state index contributed by atoms with van der Waals surface area (Å²) in [6.07, 6.45) is -6.92. The van der Waals surface area contributed by atoms with Crippen molar-refractivity contribution in [2.45, 2.75) is 69.5 Å². The Bertz CT molecular complexity index is 1970. The highest BCUT2D eigenvalue weighted by atomic mass is 32.2. The van der Waals surface area contributed by atoms with Gasteiger partial charge >= 0.3 is 0 Å². The molecule has 8 N–H and O–H groups in total. The number of imidazole rings is 1. The van der Waals surface area contributed by atoms with Crippen LogP contribution in [-0.4, -0.2) is 126 Å². The van der Waals surface area contributed by atoms with Gasteiger partial charge in [0.2, 0.25) is 11.8 Å². The maximum absolute atomic E-state index is 12.5. The SMILES string of the molecule is CC(C)(COP(=O)([O-])OP(=O)([O-])OC[C@H]1O[C@@H](n2cnc3c(N)ncnc32)[C@H](O)[C@@H]1OP(=O)([O-])[O-])[C@@H](O)C(=O)NCCC(=O)NCCSC(=O)C1C=C[C@@H](O)[C@H](O)C1. The third kappa shape index (κ3) is 13.4. The minimum Gasteiger partial charge on any atom is -0.790 e. The first-order valence-corrected chi connectivity index (χ1v) is 22.3. The molecule has 2 aromatic heterocycles. The van der Waals surface area contributed by atoms with E-state index in [1.54, 1.807) is 0 Å². The lowest BCUT2D eigenvalue weighted by Crippen LogP contribution is -2.46. The molecule has 0 saturated carbocycles. The monoisotopic (exact) mass is 903 g/mol. The van der Waals surface area contributed by atoms with Gasteiger partial charge in [-0.15, -0.1) is 0 Å². The van der Waals surface area contributed by atoms with Crippen LogP contribution in [0.2, 0.25) is 0 Å². The molecule has 1 saturated heterocycles. The number of nitrogen functional groups attached to an aromatic ring is 1. The van der Waals surface area contributed by atoms with Gasteiger partial charge in [0.1, 0.15) is 36.3 Å². The number of carbonyl (C=O) groups is 3. The van der Waals surface area contributed by atoms with Crippen LogP contribution in [0.4, 0.5) is 5.82 Å². The van der Waals surface area contributed by atoms with Crippen molar-refractivity contribution in [1.29, 1.82) is 0 Å².